The van der Waals surface area contributed by atoms with Crippen LogP contribution in [-0.4, -0.2) is 36.4 Å². The summed E-state index contributed by atoms with van der Waals surface area (Å²) >= 11 is 0. The Kier molecular flexibility index (Phi) is 2.85. The van der Waals surface area contributed by atoms with Crippen molar-refractivity contribution in [1.29, 1.82) is 0 Å². The highest BCUT2D eigenvalue weighted by Crippen LogP contribution is 2.71. The maximum Gasteiger partial charge on any atom is 0.315 e. The van der Waals surface area contributed by atoms with Crippen LogP contribution in [0.2, 0.25) is 0 Å². The van der Waals surface area contributed by atoms with E-state index in [-0.39, 0.29) is 24.3 Å². The number of rotatable bonds is 3. The van der Waals surface area contributed by atoms with Crippen molar-refractivity contribution >= 4 is 11.9 Å². The van der Waals surface area contributed by atoms with Gasteiger partial charge in [0.05, 0.1) is 31.2 Å². The van der Waals surface area contributed by atoms with Crippen LogP contribution in [-0.2, 0) is 19.1 Å². The van der Waals surface area contributed by atoms with Crippen molar-refractivity contribution in [3.63, 3.8) is 0 Å². The van der Waals surface area contributed by atoms with E-state index >= 15 is 0 Å². The van der Waals surface area contributed by atoms with Crippen LogP contribution < -0.4 is 0 Å². The molecule has 5 nitrogen and oxygen atoms in total. The largest absolute Gasteiger partial charge is 0.466 e. The molecule has 2 bridgehead atoms. The molecule has 1 aliphatic heterocycles. The molecule has 1 saturated heterocycles. The first-order chi connectivity index (χ1) is 9.08. The van der Waals surface area contributed by atoms with Gasteiger partial charge in [-0.2, -0.15) is 0 Å². The Bertz CT molecular complexity index is 420. The van der Waals surface area contributed by atoms with Crippen molar-refractivity contribution in [1.82, 2.24) is 0 Å². The van der Waals surface area contributed by atoms with Crippen molar-refractivity contribution in [2.45, 2.75) is 45.1 Å². The lowest BCUT2D eigenvalue weighted by atomic mass is 9.35. The fourth-order valence-corrected chi connectivity index (χ4v) is 4.74. The average Bonchev–Trinajstić information content (AvgIpc) is 2.39. The van der Waals surface area contributed by atoms with Gasteiger partial charge in [-0.1, -0.05) is 6.42 Å². The number of hydrogen-bond acceptors (Lipinski definition) is 5. The average molecular weight is 268 g/mol. The minimum atomic E-state index is -0.754. The topological polar surface area (TPSA) is 72.8 Å². The zero-order valence-electron chi connectivity index (χ0n) is 11.2. The summed E-state index contributed by atoms with van der Waals surface area (Å²) in [4.78, 5) is 23.8. The molecule has 2 aliphatic carbocycles. The number of aliphatic hydroxyl groups is 1. The third kappa shape index (κ3) is 1.45. The first kappa shape index (κ1) is 12.9. The van der Waals surface area contributed by atoms with Gasteiger partial charge in [-0.3, -0.25) is 9.59 Å². The maximum absolute atomic E-state index is 12.1. The summed E-state index contributed by atoms with van der Waals surface area (Å²) in [5.74, 6) is -0.458. The fraction of sp³-hybridized carbons (Fsp3) is 0.857. The van der Waals surface area contributed by atoms with Crippen LogP contribution in [0.1, 0.15) is 39.0 Å². The molecule has 0 aromatic heterocycles. The molecule has 0 amide bonds. The van der Waals surface area contributed by atoms with Gasteiger partial charge >= 0.3 is 11.9 Å². The minimum Gasteiger partial charge on any atom is -0.466 e. The smallest absolute Gasteiger partial charge is 0.315 e. The van der Waals surface area contributed by atoms with Gasteiger partial charge in [0.2, 0.25) is 0 Å². The third-order valence-electron chi connectivity index (χ3n) is 5.38. The van der Waals surface area contributed by atoms with Crippen molar-refractivity contribution in [2.75, 3.05) is 13.2 Å². The fourth-order valence-electron chi connectivity index (χ4n) is 4.74. The molecule has 3 aliphatic rings. The van der Waals surface area contributed by atoms with E-state index in [1.54, 1.807) is 6.92 Å². The molecule has 1 N–H and O–H groups in total. The molecule has 106 valence electrons. The van der Waals surface area contributed by atoms with Gasteiger partial charge in [0.1, 0.15) is 0 Å². The first-order valence-corrected chi connectivity index (χ1v) is 7.09. The van der Waals surface area contributed by atoms with Crippen LogP contribution in [0.3, 0.4) is 0 Å². The number of carbonyl (C=O) groups excluding carboxylic acids is 2. The highest BCUT2D eigenvalue weighted by Gasteiger charge is 2.76. The molecule has 0 aromatic rings. The van der Waals surface area contributed by atoms with Gasteiger partial charge in [-0.05, 0) is 32.1 Å². The Morgan fingerprint density at radius 3 is 3.05 bits per heavy atom. The van der Waals surface area contributed by atoms with E-state index in [1.807, 2.05) is 0 Å². The molecule has 3 rings (SSSR count). The second kappa shape index (κ2) is 4.20. The predicted molar refractivity (Wildman–Crippen MR) is 65.0 cm³/mol. The van der Waals surface area contributed by atoms with Crippen LogP contribution >= 0.6 is 0 Å². The van der Waals surface area contributed by atoms with E-state index in [2.05, 4.69) is 0 Å². The van der Waals surface area contributed by atoms with Gasteiger partial charge < -0.3 is 14.6 Å². The lowest BCUT2D eigenvalue weighted by Gasteiger charge is -2.69. The van der Waals surface area contributed by atoms with Crippen LogP contribution in [0.4, 0.5) is 0 Å². The lowest BCUT2D eigenvalue weighted by molar-refractivity contribution is -0.294. The Labute approximate surface area is 112 Å². The molecule has 0 spiro atoms. The highest BCUT2D eigenvalue weighted by atomic mass is 16.5. The van der Waals surface area contributed by atoms with E-state index < -0.39 is 16.9 Å². The molecule has 4 atom stereocenters. The standard InChI is InChI=1S/C14H20O5/c1-2-18-10(15)8-13-5-3-6-14(11(13)16)9(13)4-7-19-12(14)17/h9,11,16H,2-8H2,1H3/t9-,11-,13+,14-/m0/s1. The number of hydrogen-bond donors (Lipinski definition) is 1. The predicted octanol–water partition coefficient (Wildman–Crippen LogP) is 1.03. The number of esters is 2. The summed E-state index contributed by atoms with van der Waals surface area (Å²) in [6, 6.07) is 0. The first-order valence-electron chi connectivity index (χ1n) is 7.09. The molecule has 0 radical (unpaired) electrons. The number of ether oxygens (including phenoxy) is 2. The molecular weight excluding hydrogens is 248 g/mol. The van der Waals surface area contributed by atoms with E-state index in [0.29, 0.717) is 19.6 Å². The molecule has 0 unspecified atom stereocenters. The van der Waals surface area contributed by atoms with E-state index in [0.717, 1.165) is 19.3 Å². The van der Waals surface area contributed by atoms with Crippen molar-refractivity contribution < 1.29 is 24.2 Å². The van der Waals surface area contributed by atoms with E-state index in [9.17, 15) is 14.7 Å². The number of aliphatic hydroxyl groups excluding tert-OH is 1. The summed E-state index contributed by atoms with van der Waals surface area (Å²) in [5.41, 5.74) is -1.19. The molecule has 19 heavy (non-hydrogen) atoms. The summed E-state index contributed by atoms with van der Waals surface area (Å²) in [6.45, 7) is 2.53. The quantitative estimate of drug-likeness (QED) is 0.774. The summed E-state index contributed by atoms with van der Waals surface area (Å²) < 4.78 is 10.2. The normalized spacial score (nSPS) is 43.8. The van der Waals surface area contributed by atoms with E-state index in [4.69, 9.17) is 9.47 Å². The zero-order valence-corrected chi connectivity index (χ0v) is 11.2. The van der Waals surface area contributed by atoms with Gasteiger partial charge in [0.15, 0.2) is 0 Å². The molecule has 1 heterocycles. The van der Waals surface area contributed by atoms with Crippen molar-refractivity contribution in [2.24, 2.45) is 16.7 Å². The second-order valence-electron chi connectivity index (χ2n) is 5.99. The van der Waals surface area contributed by atoms with Gasteiger partial charge in [-0.15, -0.1) is 0 Å². The summed E-state index contributed by atoms with van der Waals surface area (Å²) in [6.07, 6.45) is 2.57. The highest BCUT2D eigenvalue weighted by molar-refractivity contribution is 5.82. The minimum absolute atomic E-state index is 0.0782. The van der Waals surface area contributed by atoms with Crippen LogP contribution in [0, 0.1) is 16.7 Å². The van der Waals surface area contributed by atoms with Crippen molar-refractivity contribution in [3.8, 4) is 0 Å². The Hall–Kier alpha value is -1.10. The van der Waals surface area contributed by atoms with Crippen LogP contribution in [0.5, 0.6) is 0 Å². The number of cyclic esters (lactones) is 1. The summed E-state index contributed by atoms with van der Waals surface area (Å²) in [5, 5.41) is 10.5. The molecule has 3 fully saturated rings. The Morgan fingerprint density at radius 1 is 1.53 bits per heavy atom. The Balaban J connectivity index is 1.86. The van der Waals surface area contributed by atoms with Crippen LogP contribution in [0.15, 0.2) is 0 Å². The molecular formula is C14H20O5. The summed E-state index contributed by atoms with van der Waals surface area (Å²) in [7, 11) is 0. The zero-order chi connectivity index (χ0) is 13.7. The maximum atomic E-state index is 12.1. The monoisotopic (exact) mass is 268 g/mol. The van der Waals surface area contributed by atoms with Crippen LogP contribution in [0.25, 0.3) is 0 Å². The SMILES string of the molecule is CCOC(=O)C[C@]12CCC[C@@]3(C(=O)OCC[C@@H]13)[C@H]2O. The molecule has 5 heteroatoms. The Morgan fingerprint density at radius 2 is 2.32 bits per heavy atom. The van der Waals surface area contributed by atoms with E-state index in [1.165, 1.54) is 0 Å². The third-order valence-corrected chi connectivity index (χ3v) is 5.38. The molecule has 2 saturated carbocycles. The molecule has 0 aromatic carbocycles. The second-order valence-corrected chi connectivity index (χ2v) is 5.99. The lowest BCUT2D eigenvalue weighted by Crippen LogP contribution is -2.75. The van der Waals surface area contributed by atoms with Gasteiger partial charge in [0.25, 0.3) is 0 Å². The van der Waals surface area contributed by atoms with Gasteiger partial charge in [-0.25, -0.2) is 0 Å². The van der Waals surface area contributed by atoms with Gasteiger partial charge in [0, 0.05) is 5.41 Å². The number of carbonyl (C=O) groups is 2. The van der Waals surface area contributed by atoms with Crippen molar-refractivity contribution in [3.05, 3.63) is 0 Å².